The Labute approximate surface area is 220 Å². The molecule has 0 aromatic heterocycles. The number of carbonyl (C=O) groups is 1. The van der Waals surface area contributed by atoms with Gasteiger partial charge in [-0.15, -0.1) is 0 Å². The van der Waals surface area contributed by atoms with E-state index in [1.807, 2.05) is 19.1 Å². The van der Waals surface area contributed by atoms with E-state index in [1.165, 1.54) is 36.4 Å². The quantitative estimate of drug-likeness (QED) is 0.483. The molecule has 0 saturated carbocycles. The van der Waals surface area contributed by atoms with Crippen LogP contribution < -0.4 is 5.32 Å². The summed E-state index contributed by atoms with van der Waals surface area (Å²) < 4.78 is 40.7. The summed E-state index contributed by atoms with van der Waals surface area (Å²) in [4.78, 5) is 17.8. The maximum Gasteiger partial charge on any atom is 0.253 e. The van der Waals surface area contributed by atoms with Crippen LogP contribution in [0.3, 0.4) is 0 Å². The molecule has 3 aromatic rings. The second-order valence-corrected chi connectivity index (χ2v) is 10.3. The van der Waals surface area contributed by atoms with Gasteiger partial charge in [0.2, 0.25) is 0 Å². The van der Waals surface area contributed by atoms with Gasteiger partial charge in [-0.05, 0) is 91.9 Å². The average molecular weight is 524 g/mol. The van der Waals surface area contributed by atoms with Gasteiger partial charge in [0.25, 0.3) is 5.91 Å². The summed E-state index contributed by atoms with van der Waals surface area (Å²) in [7, 11) is 0. The van der Waals surface area contributed by atoms with Gasteiger partial charge in [-0.3, -0.25) is 10.1 Å². The molecule has 2 aliphatic heterocycles. The lowest BCUT2D eigenvalue weighted by Gasteiger charge is -2.34. The van der Waals surface area contributed by atoms with E-state index in [-0.39, 0.29) is 18.3 Å². The van der Waals surface area contributed by atoms with Crippen LogP contribution in [0, 0.1) is 17.5 Å². The van der Waals surface area contributed by atoms with E-state index < -0.39 is 29.4 Å². The number of carbonyl (C=O) groups excluding carboxylic acids is 1. The monoisotopic (exact) mass is 523 g/mol. The lowest BCUT2D eigenvalue weighted by molar-refractivity contribution is -0.133. The lowest BCUT2D eigenvalue weighted by atomic mass is 9.82. The molecule has 0 spiro atoms. The highest BCUT2D eigenvalue weighted by atomic mass is 19.1. The molecule has 0 radical (unpaired) electrons. The summed E-state index contributed by atoms with van der Waals surface area (Å²) in [5, 5.41) is 14.3. The summed E-state index contributed by atoms with van der Waals surface area (Å²) in [5.74, 6) is -0.996. The Balaban J connectivity index is 1.28. The Morgan fingerprint density at radius 2 is 1.32 bits per heavy atom. The zero-order chi connectivity index (χ0) is 26.9. The first-order valence-corrected chi connectivity index (χ1v) is 13.0. The van der Waals surface area contributed by atoms with Crippen molar-refractivity contribution in [3.63, 3.8) is 0 Å². The molecule has 2 fully saturated rings. The number of nitrogens with zero attached hydrogens (tertiary/aromatic N) is 2. The van der Waals surface area contributed by atoms with Crippen LogP contribution in [0.15, 0.2) is 72.8 Å². The van der Waals surface area contributed by atoms with Gasteiger partial charge in [-0.2, -0.15) is 0 Å². The van der Waals surface area contributed by atoms with Crippen molar-refractivity contribution in [2.24, 2.45) is 0 Å². The molecule has 1 amide bonds. The van der Waals surface area contributed by atoms with E-state index >= 15 is 0 Å². The summed E-state index contributed by atoms with van der Waals surface area (Å²) in [6, 6.07) is 18.1. The van der Waals surface area contributed by atoms with E-state index in [0.29, 0.717) is 23.6 Å². The fourth-order valence-electron chi connectivity index (χ4n) is 5.83. The number of amides is 1. The number of hydrogen-bond donors (Lipinski definition) is 2. The minimum absolute atomic E-state index is 0.120. The van der Waals surface area contributed by atoms with Crippen LogP contribution in [-0.2, 0) is 10.3 Å². The molecule has 5 rings (SSSR count). The van der Waals surface area contributed by atoms with Gasteiger partial charge in [-0.1, -0.05) is 36.4 Å². The molecule has 3 aromatic carbocycles. The maximum absolute atomic E-state index is 14.0. The fourth-order valence-corrected chi connectivity index (χ4v) is 5.83. The first kappa shape index (κ1) is 26.4. The highest BCUT2D eigenvalue weighted by Crippen LogP contribution is 2.38. The first-order valence-electron chi connectivity index (χ1n) is 13.0. The summed E-state index contributed by atoms with van der Waals surface area (Å²) in [6.07, 6.45) is 0.633. The molecular weight excluding hydrogens is 491 g/mol. The van der Waals surface area contributed by atoms with Crippen LogP contribution >= 0.6 is 0 Å². The zero-order valence-electron chi connectivity index (χ0n) is 21.3. The number of benzene rings is 3. The van der Waals surface area contributed by atoms with Crippen LogP contribution in [0.5, 0.6) is 0 Å². The molecule has 5 nitrogen and oxygen atoms in total. The van der Waals surface area contributed by atoms with Gasteiger partial charge in [0.05, 0.1) is 12.3 Å². The van der Waals surface area contributed by atoms with E-state index in [9.17, 15) is 23.1 Å². The Morgan fingerprint density at radius 1 is 0.842 bits per heavy atom. The van der Waals surface area contributed by atoms with Crippen LogP contribution in [0.4, 0.5) is 13.2 Å². The minimum Gasteiger partial charge on any atom is -0.390 e. The number of piperidine rings is 1. The number of halogens is 3. The SMILES string of the molecule is CC1NC(c2ccc(F)cc2)(c2ccc(F)cc2)C(=O)N1CC(O)CN1CCC(c2ccc(F)cc2)CC1. The molecular formula is C30H32F3N3O2. The summed E-state index contributed by atoms with van der Waals surface area (Å²) >= 11 is 0. The molecule has 0 bridgehead atoms. The molecule has 200 valence electrons. The molecule has 0 aliphatic carbocycles. The van der Waals surface area contributed by atoms with E-state index in [1.54, 1.807) is 29.2 Å². The number of aliphatic hydroxyl groups is 1. The topological polar surface area (TPSA) is 55.8 Å². The van der Waals surface area contributed by atoms with Crippen molar-refractivity contribution >= 4 is 5.91 Å². The van der Waals surface area contributed by atoms with Crippen LogP contribution in [-0.4, -0.2) is 59.3 Å². The normalized spacial score (nSPS) is 21.1. The van der Waals surface area contributed by atoms with Gasteiger partial charge < -0.3 is 14.9 Å². The lowest BCUT2D eigenvalue weighted by Crippen LogP contribution is -2.47. The maximum atomic E-state index is 14.0. The minimum atomic E-state index is -1.33. The van der Waals surface area contributed by atoms with Crippen LogP contribution in [0.1, 0.15) is 42.4 Å². The van der Waals surface area contributed by atoms with Gasteiger partial charge in [-0.25, -0.2) is 13.2 Å². The predicted octanol–water partition coefficient (Wildman–Crippen LogP) is 4.37. The number of hydrogen-bond acceptors (Lipinski definition) is 4. The Morgan fingerprint density at radius 3 is 1.82 bits per heavy atom. The van der Waals surface area contributed by atoms with Gasteiger partial charge in [0.1, 0.15) is 17.5 Å². The molecule has 2 atom stereocenters. The van der Waals surface area contributed by atoms with Crippen molar-refractivity contribution in [1.82, 2.24) is 15.1 Å². The van der Waals surface area contributed by atoms with E-state index in [0.717, 1.165) is 31.5 Å². The highest BCUT2D eigenvalue weighted by molar-refractivity contribution is 5.94. The van der Waals surface area contributed by atoms with E-state index in [2.05, 4.69) is 10.2 Å². The Hall–Kier alpha value is -3.20. The number of rotatable bonds is 7. The Kier molecular flexibility index (Phi) is 7.56. The largest absolute Gasteiger partial charge is 0.390 e. The molecule has 38 heavy (non-hydrogen) atoms. The highest BCUT2D eigenvalue weighted by Gasteiger charge is 2.52. The third kappa shape index (κ3) is 5.21. The molecule has 2 N–H and O–H groups in total. The standard InChI is InChI=1S/C30H32F3N3O2/c1-20-34-30(23-4-10-26(32)11-5-23,24-6-12-27(33)13-7-24)29(38)36(20)19-28(37)18-35-16-14-22(15-17-35)21-2-8-25(31)9-3-21/h2-13,20,22,28,34,37H,14-19H2,1H3. The molecule has 8 heteroatoms. The van der Waals surface area contributed by atoms with Crippen LogP contribution in [0.2, 0.25) is 0 Å². The number of β-amino-alcohol motifs (C(OH)–C–C–N with tert-alkyl or cyclic N) is 1. The van der Waals surface area contributed by atoms with Gasteiger partial charge in [0, 0.05) is 13.1 Å². The van der Waals surface area contributed by atoms with E-state index in [4.69, 9.17) is 0 Å². The van der Waals surface area contributed by atoms with Gasteiger partial charge in [0.15, 0.2) is 5.54 Å². The first-order chi connectivity index (χ1) is 18.3. The second-order valence-electron chi connectivity index (χ2n) is 10.3. The predicted molar refractivity (Wildman–Crippen MR) is 139 cm³/mol. The summed E-state index contributed by atoms with van der Waals surface area (Å²) in [5.41, 5.74) is 0.894. The van der Waals surface area contributed by atoms with Gasteiger partial charge >= 0.3 is 0 Å². The Bertz CT molecular complexity index is 1200. The zero-order valence-corrected chi connectivity index (χ0v) is 21.3. The molecule has 2 unspecified atom stereocenters. The molecule has 2 saturated heterocycles. The van der Waals surface area contributed by atoms with Crippen molar-refractivity contribution in [3.05, 3.63) is 107 Å². The smallest absolute Gasteiger partial charge is 0.253 e. The van der Waals surface area contributed by atoms with Crippen molar-refractivity contribution < 1.29 is 23.1 Å². The summed E-state index contributed by atoms with van der Waals surface area (Å²) in [6.45, 7) is 3.99. The number of aliphatic hydroxyl groups excluding tert-OH is 1. The van der Waals surface area contributed by atoms with Crippen molar-refractivity contribution in [3.8, 4) is 0 Å². The van der Waals surface area contributed by atoms with Crippen molar-refractivity contribution in [2.45, 2.75) is 43.5 Å². The van der Waals surface area contributed by atoms with Crippen molar-refractivity contribution in [1.29, 1.82) is 0 Å². The fraction of sp³-hybridized carbons (Fsp3) is 0.367. The average Bonchev–Trinajstić information content (AvgIpc) is 3.16. The third-order valence-corrected chi connectivity index (χ3v) is 7.83. The van der Waals surface area contributed by atoms with Crippen LogP contribution in [0.25, 0.3) is 0 Å². The molecule has 2 heterocycles. The number of nitrogens with one attached hydrogen (secondary N) is 1. The molecule has 2 aliphatic rings. The van der Waals surface area contributed by atoms with Crippen molar-refractivity contribution in [2.75, 3.05) is 26.2 Å². The number of likely N-dealkylation sites (tertiary alicyclic amines) is 1. The third-order valence-electron chi connectivity index (χ3n) is 7.83. The second kappa shape index (κ2) is 10.9.